The fourth-order valence-electron chi connectivity index (χ4n) is 1.08. The molecule has 0 fully saturated rings. The Kier molecular flexibility index (Phi) is 7.96. The highest BCUT2D eigenvalue weighted by Crippen LogP contribution is 2.05. The lowest BCUT2D eigenvalue weighted by Crippen LogP contribution is -2.22. The van der Waals surface area contributed by atoms with Crippen LogP contribution in [-0.2, 0) is 4.74 Å². The molecule has 0 heterocycles. The second-order valence-corrected chi connectivity index (χ2v) is 2.86. The first-order valence-electron chi connectivity index (χ1n) is 4.54. The van der Waals surface area contributed by atoms with Gasteiger partial charge in [-0.15, -0.1) is 0 Å². The van der Waals surface area contributed by atoms with E-state index in [0.29, 0.717) is 0 Å². The average molecular weight is 159 g/mol. The molecule has 1 N–H and O–H groups in total. The van der Waals surface area contributed by atoms with E-state index in [1.54, 1.807) is 7.11 Å². The van der Waals surface area contributed by atoms with Crippen molar-refractivity contribution in [3.63, 3.8) is 0 Å². The highest BCUT2D eigenvalue weighted by atomic mass is 16.5. The molecule has 0 aromatic carbocycles. The van der Waals surface area contributed by atoms with Gasteiger partial charge in [-0.2, -0.15) is 0 Å². The standard InChI is InChI=1S/C9H21NO/c1-4-9(6-7-11-3)8-10-5-2/h9-10H,4-8H2,1-3H3. The highest BCUT2D eigenvalue weighted by molar-refractivity contribution is 4.59. The molecular formula is C9H21NO. The first-order chi connectivity index (χ1) is 5.35. The molecule has 1 unspecified atom stereocenters. The predicted molar refractivity (Wildman–Crippen MR) is 48.8 cm³/mol. The summed E-state index contributed by atoms with van der Waals surface area (Å²) in [5.74, 6) is 0.787. The minimum Gasteiger partial charge on any atom is -0.385 e. The Balaban J connectivity index is 3.25. The van der Waals surface area contributed by atoms with Crippen molar-refractivity contribution in [1.29, 1.82) is 0 Å². The van der Waals surface area contributed by atoms with E-state index in [4.69, 9.17) is 4.74 Å². The van der Waals surface area contributed by atoms with Crippen LogP contribution in [0, 0.1) is 5.92 Å². The van der Waals surface area contributed by atoms with Crippen molar-refractivity contribution < 1.29 is 4.74 Å². The third-order valence-electron chi connectivity index (χ3n) is 1.99. The van der Waals surface area contributed by atoms with Crippen LogP contribution in [0.25, 0.3) is 0 Å². The minimum atomic E-state index is 0.787. The fourth-order valence-corrected chi connectivity index (χ4v) is 1.08. The molecule has 0 aromatic heterocycles. The van der Waals surface area contributed by atoms with Crippen molar-refractivity contribution in [2.24, 2.45) is 5.92 Å². The Bertz CT molecular complexity index is 68.0. The molecule has 0 saturated carbocycles. The van der Waals surface area contributed by atoms with Crippen LogP contribution in [0.1, 0.15) is 26.7 Å². The van der Waals surface area contributed by atoms with Crippen molar-refractivity contribution in [2.45, 2.75) is 26.7 Å². The number of rotatable bonds is 7. The maximum atomic E-state index is 5.03. The van der Waals surface area contributed by atoms with Crippen LogP contribution in [0.5, 0.6) is 0 Å². The van der Waals surface area contributed by atoms with Gasteiger partial charge in [-0.05, 0) is 25.4 Å². The first-order valence-corrected chi connectivity index (χ1v) is 4.54. The minimum absolute atomic E-state index is 0.787. The summed E-state index contributed by atoms with van der Waals surface area (Å²) >= 11 is 0. The summed E-state index contributed by atoms with van der Waals surface area (Å²) in [6.45, 7) is 7.48. The summed E-state index contributed by atoms with van der Waals surface area (Å²) in [5.41, 5.74) is 0. The molecule has 68 valence electrons. The van der Waals surface area contributed by atoms with Gasteiger partial charge in [0, 0.05) is 13.7 Å². The van der Waals surface area contributed by atoms with Crippen LogP contribution < -0.4 is 5.32 Å². The Labute approximate surface area is 70.3 Å². The van der Waals surface area contributed by atoms with Crippen LogP contribution in [0.2, 0.25) is 0 Å². The largest absolute Gasteiger partial charge is 0.385 e. The molecule has 2 nitrogen and oxygen atoms in total. The Morgan fingerprint density at radius 3 is 2.55 bits per heavy atom. The Morgan fingerprint density at radius 2 is 2.09 bits per heavy atom. The normalized spacial score (nSPS) is 13.4. The molecule has 0 amide bonds. The molecule has 0 bridgehead atoms. The molecule has 11 heavy (non-hydrogen) atoms. The Morgan fingerprint density at radius 1 is 1.36 bits per heavy atom. The lowest BCUT2D eigenvalue weighted by atomic mass is 10.0. The Hall–Kier alpha value is -0.0800. The average Bonchev–Trinajstić information content (AvgIpc) is 2.05. The third-order valence-corrected chi connectivity index (χ3v) is 1.99. The molecular weight excluding hydrogens is 138 g/mol. The van der Waals surface area contributed by atoms with Gasteiger partial charge >= 0.3 is 0 Å². The van der Waals surface area contributed by atoms with Crippen LogP contribution in [0.3, 0.4) is 0 Å². The first kappa shape index (κ1) is 10.9. The van der Waals surface area contributed by atoms with Crippen molar-refractivity contribution in [1.82, 2.24) is 5.32 Å². The van der Waals surface area contributed by atoms with Gasteiger partial charge < -0.3 is 10.1 Å². The summed E-state index contributed by atoms with van der Waals surface area (Å²) in [6.07, 6.45) is 2.43. The zero-order valence-electron chi connectivity index (χ0n) is 8.02. The maximum absolute atomic E-state index is 5.03. The zero-order valence-corrected chi connectivity index (χ0v) is 8.02. The lowest BCUT2D eigenvalue weighted by molar-refractivity contribution is 0.175. The smallest absolute Gasteiger partial charge is 0.0465 e. The van der Waals surface area contributed by atoms with E-state index in [9.17, 15) is 0 Å². The summed E-state index contributed by atoms with van der Waals surface area (Å²) in [7, 11) is 1.76. The van der Waals surface area contributed by atoms with Gasteiger partial charge in [-0.25, -0.2) is 0 Å². The van der Waals surface area contributed by atoms with Crippen LogP contribution >= 0.6 is 0 Å². The van der Waals surface area contributed by atoms with Crippen molar-refractivity contribution in [3.05, 3.63) is 0 Å². The lowest BCUT2D eigenvalue weighted by Gasteiger charge is -2.13. The van der Waals surface area contributed by atoms with Gasteiger partial charge in [-0.1, -0.05) is 20.3 Å². The molecule has 0 aliphatic carbocycles. The van der Waals surface area contributed by atoms with E-state index in [2.05, 4.69) is 19.2 Å². The maximum Gasteiger partial charge on any atom is 0.0465 e. The van der Waals surface area contributed by atoms with Crippen molar-refractivity contribution in [2.75, 3.05) is 26.8 Å². The van der Waals surface area contributed by atoms with E-state index in [1.165, 1.54) is 12.8 Å². The molecule has 0 aromatic rings. The molecule has 0 spiro atoms. The number of hydrogen-bond donors (Lipinski definition) is 1. The zero-order chi connectivity index (χ0) is 8.53. The second-order valence-electron chi connectivity index (χ2n) is 2.86. The number of ether oxygens (including phenoxy) is 1. The van der Waals surface area contributed by atoms with E-state index in [1.807, 2.05) is 0 Å². The van der Waals surface area contributed by atoms with Gasteiger partial charge in [-0.3, -0.25) is 0 Å². The van der Waals surface area contributed by atoms with Gasteiger partial charge in [0.15, 0.2) is 0 Å². The highest BCUT2D eigenvalue weighted by Gasteiger charge is 2.03. The van der Waals surface area contributed by atoms with Gasteiger partial charge in [0.1, 0.15) is 0 Å². The topological polar surface area (TPSA) is 21.3 Å². The van der Waals surface area contributed by atoms with E-state index in [-0.39, 0.29) is 0 Å². The summed E-state index contributed by atoms with van der Waals surface area (Å²) < 4.78 is 5.03. The van der Waals surface area contributed by atoms with Crippen molar-refractivity contribution in [3.8, 4) is 0 Å². The van der Waals surface area contributed by atoms with E-state index >= 15 is 0 Å². The van der Waals surface area contributed by atoms with Gasteiger partial charge in [0.05, 0.1) is 0 Å². The molecule has 0 aliphatic heterocycles. The summed E-state index contributed by atoms with van der Waals surface area (Å²) in [5, 5.41) is 3.35. The number of hydrogen-bond acceptors (Lipinski definition) is 2. The van der Waals surface area contributed by atoms with Gasteiger partial charge in [0.25, 0.3) is 0 Å². The predicted octanol–water partition coefficient (Wildman–Crippen LogP) is 1.66. The van der Waals surface area contributed by atoms with Crippen LogP contribution in [-0.4, -0.2) is 26.8 Å². The van der Waals surface area contributed by atoms with Crippen molar-refractivity contribution >= 4 is 0 Å². The van der Waals surface area contributed by atoms with Gasteiger partial charge in [0.2, 0.25) is 0 Å². The SMILES string of the molecule is CCNCC(CC)CCOC. The number of nitrogens with one attached hydrogen (secondary N) is 1. The van der Waals surface area contributed by atoms with E-state index in [0.717, 1.165) is 25.6 Å². The molecule has 0 aliphatic rings. The summed E-state index contributed by atoms with van der Waals surface area (Å²) in [4.78, 5) is 0. The monoisotopic (exact) mass is 159 g/mol. The number of methoxy groups -OCH3 is 1. The van der Waals surface area contributed by atoms with Crippen LogP contribution in [0.15, 0.2) is 0 Å². The summed E-state index contributed by atoms with van der Waals surface area (Å²) in [6, 6.07) is 0. The second kappa shape index (κ2) is 8.02. The fraction of sp³-hybridized carbons (Fsp3) is 1.00. The van der Waals surface area contributed by atoms with Crippen LogP contribution in [0.4, 0.5) is 0 Å². The molecule has 0 radical (unpaired) electrons. The molecule has 0 saturated heterocycles. The quantitative estimate of drug-likeness (QED) is 0.610. The van der Waals surface area contributed by atoms with E-state index < -0.39 is 0 Å². The molecule has 0 rings (SSSR count). The third kappa shape index (κ3) is 6.32. The molecule has 1 atom stereocenters. The molecule has 2 heteroatoms.